The molecule has 0 aliphatic carbocycles. The van der Waals surface area contributed by atoms with E-state index in [1.807, 2.05) is 0 Å². The third-order valence-electron chi connectivity index (χ3n) is 1.61. The van der Waals surface area contributed by atoms with Crippen LogP contribution < -0.4 is 5.32 Å². The summed E-state index contributed by atoms with van der Waals surface area (Å²) in [4.78, 5) is 21.9. The van der Waals surface area contributed by atoms with Crippen molar-refractivity contribution in [2.75, 3.05) is 6.54 Å². The number of ketones is 1. The van der Waals surface area contributed by atoms with E-state index in [-0.39, 0.29) is 30.8 Å². The first kappa shape index (κ1) is 9.19. The van der Waals surface area contributed by atoms with Crippen molar-refractivity contribution in [2.45, 2.75) is 32.4 Å². The second kappa shape index (κ2) is 3.67. The monoisotopic (exact) mass is 171 g/mol. The van der Waals surface area contributed by atoms with E-state index in [9.17, 15) is 9.59 Å². The molecule has 1 rings (SSSR count). The second-order valence-electron chi connectivity index (χ2n) is 3.16. The van der Waals surface area contributed by atoms with Crippen molar-refractivity contribution in [1.82, 2.24) is 5.32 Å². The van der Waals surface area contributed by atoms with Gasteiger partial charge in [0.05, 0.1) is 12.6 Å². The summed E-state index contributed by atoms with van der Waals surface area (Å²) < 4.78 is 4.93. The number of rotatable bonds is 2. The molecule has 0 amide bonds. The van der Waals surface area contributed by atoms with Crippen molar-refractivity contribution in [3.05, 3.63) is 0 Å². The predicted octanol–water partition coefficient (Wildman–Crippen LogP) is -0.131. The van der Waals surface area contributed by atoms with Gasteiger partial charge in [0.15, 0.2) is 0 Å². The second-order valence-corrected chi connectivity index (χ2v) is 3.16. The number of carbonyl (C=O) groups excluding carboxylic acids is 2. The fourth-order valence-electron chi connectivity index (χ4n) is 1.09. The largest absolute Gasteiger partial charge is 0.462 e. The molecule has 0 aromatic heterocycles. The summed E-state index contributed by atoms with van der Waals surface area (Å²) in [6, 6.07) is -0.417. The van der Waals surface area contributed by atoms with Gasteiger partial charge in [-0.25, -0.2) is 0 Å². The van der Waals surface area contributed by atoms with Crippen LogP contribution in [0.5, 0.6) is 0 Å². The number of nitrogens with one attached hydrogen (secondary N) is 1. The van der Waals surface area contributed by atoms with E-state index >= 15 is 0 Å². The van der Waals surface area contributed by atoms with Gasteiger partial charge < -0.3 is 4.74 Å². The molecule has 0 unspecified atom stereocenters. The van der Waals surface area contributed by atoms with Crippen LogP contribution in [-0.2, 0) is 14.3 Å². The van der Waals surface area contributed by atoms with Crippen LogP contribution in [0.2, 0.25) is 0 Å². The van der Waals surface area contributed by atoms with Crippen LogP contribution in [0.1, 0.15) is 20.3 Å². The van der Waals surface area contributed by atoms with E-state index in [4.69, 9.17) is 4.74 Å². The van der Waals surface area contributed by atoms with Crippen molar-refractivity contribution >= 4 is 11.8 Å². The molecule has 0 saturated carbocycles. The first-order valence-electron chi connectivity index (χ1n) is 4.05. The van der Waals surface area contributed by atoms with Gasteiger partial charge in [0.25, 0.3) is 0 Å². The van der Waals surface area contributed by atoms with Crippen LogP contribution in [0.15, 0.2) is 0 Å². The standard InChI is InChI=1S/C8H13NO3/c1-5(2)12-8(11)7-3-6(10)4-9-7/h5,7,9H,3-4H2,1-2H3/t7-/m0/s1. The molecule has 4 heteroatoms. The van der Waals surface area contributed by atoms with E-state index in [2.05, 4.69) is 5.32 Å². The molecule has 1 aliphatic rings. The van der Waals surface area contributed by atoms with Gasteiger partial charge in [-0.3, -0.25) is 14.9 Å². The molecule has 1 fully saturated rings. The van der Waals surface area contributed by atoms with E-state index in [0.717, 1.165) is 0 Å². The molecular formula is C8H13NO3. The third kappa shape index (κ3) is 2.30. The van der Waals surface area contributed by atoms with Crippen molar-refractivity contribution in [3.8, 4) is 0 Å². The molecule has 12 heavy (non-hydrogen) atoms. The lowest BCUT2D eigenvalue weighted by Gasteiger charge is -2.11. The highest BCUT2D eigenvalue weighted by molar-refractivity contribution is 5.91. The zero-order valence-corrected chi connectivity index (χ0v) is 7.29. The maximum absolute atomic E-state index is 11.2. The van der Waals surface area contributed by atoms with E-state index < -0.39 is 6.04 Å². The summed E-state index contributed by atoms with van der Waals surface area (Å²) in [6.45, 7) is 3.86. The molecule has 1 saturated heterocycles. The predicted molar refractivity (Wildman–Crippen MR) is 42.6 cm³/mol. The Morgan fingerprint density at radius 3 is 2.75 bits per heavy atom. The lowest BCUT2D eigenvalue weighted by Crippen LogP contribution is -2.33. The normalized spacial score (nSPS) is 23.2. The quantitative estimate of drug-likeness (QED) is 0.588. The summed E-state index contributed by atoms with van der Waals surface area (Å²) in [7, 11) is 0. The fourth-order valence-corrected chi connectivity index (χ4v) is 1.09. The first-order chi connectivity index (χ1) is 5.59. The van der Waals surface area contributed by atoms with Gasteiger partial charge in [-0.05, 0) is 13.8 Å². The Balaban J connectivity index is 2.38. The van der Waals surface area contributed by atoms with Gasteiger partial charge in [-0.15, -0.1) is 0 Å². The molecule has 0 bridgehead atoms. The zero-order valence-electron chi connectivity index (χ0n) is 7.29. The lowest BCUT2D eigenvalue weighted by molar-refractivity contribution is -0.149. The zero-order chi connectivity index (χ0) is 9.14. The molecule has 0 aromatic rings. The maximum Gasteiger partial charge on any atom is 0.323 e. The van der Waals surface area contributed by atoms with Crippen LogP contribution in [0, 0.1) is 0 Å². The van der Waals surface area contributed by atoms with Gasteiger partial charge >= 0.3 is 5.97 Å². The van der Waals surface area contributed by atoms with Crippen LogP contribution >= 0.6 is 0 Å². The summed E-state index contributed by atoms with van der Waals surface area (Å²) in [5, 5.41) is 2.79. The topological polar surface area (TPSA) is 55.4 Å². The van der Waals surface area contributed by atoms with Crippen LogP contribution in [0.3, 0.4) is 0 Å². The maximum atomic E-state index is 11.2. The Kier molecular flexibility index (Phi) is 2.81. The summed E-state index contributed by atoms with van der Waals surface area (Å²) >= 11 is 0. The minimum Gasteiger partial charge on any atom is -0.462 e. The summed E-state index contributed by atoms with van der Waals surface area (Å²) in [5.41, 5.74) is 0. The highest BCUT2D eigenvalue weighted by atomic mass is 16.5. The van der Waals surface area contributed by atoms with Crippen molar-refractivity contribution in [1.29, 1.82) is 0 Å². The van der Waals surface area contributed by atoms with Gasteiger partial charge in [0, 0.05) is 6.42 Å². The number of esters is 1. The molecule has 0 aromatic carbocycles. The van der Waals surface area contributed by atoms with E-state index in [1.165, 1.54) is 0 Å². The molecule has 68 valence electrons. The third-order valence-corrected chi connectivity index (χ3v) is 1.61. The van der Waals surface area contributed by atoms with Gasteiger partial charge in [-0.2, -0.15) is 0 Å². The number of carbonyl (C=O) groups is 2. The molecule has 1 atom stereocenters. The van der Waals surface area contributed by atoms with Crippen molar-refractivity contribution < 1.29 is 14.3 Å². The van der Waals surface area contributed by atoms with Gasteiger partial charge in [-0.1, -0.05) is 0 Å². The minimum atomic E-state index is -0.417. The molecule has 1 N–H and O–H groups in total. The van der Waals surface area contributed by atoms with E-state index in [0.29, 0.717) is 0 Å². The van der Waals surface area contributed by atoms with Crippen LogP contribution in [-0.4, -0.2) is 30.4 Å². The summed E-state index contributed by atoms with van der Waals surface area (Å²) in [5.74, 6) is -0.253. The Labute approximate surface area is 71.3 Å². The highest BCUT2D eigenvalue weighted by Crippen LogP contribution is 2.04. The molecular weight excluding hydrogens is 158 g/mol. The molecule has 1 heterocycles. The van der Waals surface area contributed by atoms with Crippen LogP contribution in [0.4, 0.5) is 0 Å². The SMILES string of the molecule is CC(C)OC(=O)[C@@H]1CC(=O)CN1. The first-order valence-corrected chi connectivity index (χ1v) is 4.05. The number of hydrogen-bond acceptors (Lipinski definition) is 4. The molecule has 0 radical (unpaired) electrons. The van der Waals surface area contributed by atoms with Crippen molar-refractivity contribution in [2.24, 2.45) is 0 Å². The Morgan fingerprint density at radius 1 is 1.67 bits per heavy atom. The smallest absolute Gasteiger partial charge is 0.323 e. The van der Waals surface area contributed by atoms with Gasteiger partial charge in [0.2, 0.25) is 0 Å². The van der Waals surface area contributed by atoms with Crippen molar-refractivity contribution in [3.63, 3.8) is 0 Å². The van der Waals surface area contributed by atoms with Gasteiger partial charge in [0.1, 0.15) is 11.8 Å². The van der Waals surface area contributed by atoms with Crippen LogP contribution in [0.25, 0.3) is 0 Å². The average Bonchev–Trinajstić information content (AvgIpc) is 2.34. The summed E-state index contributed by atoms with van der Waals surface area (Å²) in [6.07, 6.45) is 0.154. The molecule has 1 aliphatic heterocycles. The van der Waals surface area contributed by atoms with E-state index in [1.54, 1.807) is 13.8 Å². The minimum absolute atomic E-state index is 0.0701. The molecule has 4 nitrogen and oxygen atoms in total. The Bertz CT molecular complexity index is 200. The number of hydrogen-bond donors (Lipinski definition) is 1. The molecule has 0 spiro atoms. The highest BCUT2D eigenvalue weighted by Gasteiger charge is 2.29. The lowest BCUT2D eigenvalue weighted by atomic mass is 10.2. The average molecular weight is 171 g/mol. The number of Topliss-reactive ketones (excluding diaryl/α,β-unsaturated/α-hetero) is 1. The fraction of sp³-hybridized carbons (Fsp3) is 0.750. The Hall–Kier alpha value is -0.900. The Morgan fingerprint density at radius 2 is 2.33 bits per heavy atom. The number of ether oxygens (including phenoxy) is 1.